The van der Waals surface area contributed by atoms with Crippen molar-refractivity contribution in [3.05, 3.63) is 76.5 Å². The molecule has 3 rings (SSSR count). The van der Waals surface area contributed by atoms with Crippen molar-refractivity contribution in [3.63, 3.8) is 0 Å². The number of rotatable bonds is 8. The average molecular weight is 413 g/mol. The molecule has 0 atom stereocenters. The normalized spacial score (nSPS) is 14.5. The Morgan fingerprint density at radius 3 is 2.48 bits per heavy atom. The number of nitrogens with one attached hydrogen (secondary N) is 2. The van der Waals surface area contributed by atoms with E-state index in [4.69, 9.17) is 21.1 Å². The zero-order valence-electron chi connectivity index (χ0n) is 16.0. The molecule has 7 heteroatoms. The van der Waals surface area contributed by atoms with Gasteiger partial charge in [-0.2, -0.15) is 0 Å². The molecular formula is C22H21ClN2O4. The van der Waals surface area contributed by atoms with Gasteiger partial charge >= 0.3 is 6.03 Å². The summed E-state index contributed by atoms with van der Waals surface area (Å²) in [6.07, 6.45) is 3.91. The Hall–Kier alpha value is -3.25. The molecule has 0 unspecified atom stereocenters. The molecular weight excluding hydrogens is 392 g/mol. The highest BCUT2D eigenvalue weighted by Gasteiger charge is 2.23. The largest absolute Gasteiger partial charge is 0.490 e. The number of benzene rings is 2. The standard InChI is InChI=1S/C22H21ClN2O4/c1-3-5-16-10-15(11-18-21(26)25-22(27)24-18)12-19(28-4-2)20(16)29-13-14-6-8-17(23)9-7-14/h3,6-12H,1,4-5,13H2,2H3,(H2,24,25,26,27)/b18-11+. The lowest BCUT2D eigenvalue weighted by Gasteiger charge is -2.17. The van der Waals surface area contributed by atoms with E-state index in [2.05, 4.69) is 17.2 Å². The van der Waals surface area contributed by atoms with Gasteiger partial charge in [0.25, 0.3) is 5.91 Å². The van der Waals surface area contributed by atoms with Gasteiger partial charge < -0.3 is 14.8 Å². The molecule has 0 bridgehead atoms. The molecule has 1 heterocycles. The van der Waals surface area contributed by atoms with Crippen LogP contribution in [-0.2, 0) is 17.8 Å². The van der Waals surface area contributed by atoms with Crippen molar-refractivity contribution in [3.8, 4) is 11.5 Å². The fourth-order valence-corrected chi connectivity index (χ4v) is 3.01. The molecule has 0 saturated carbocycles. The van der Waals surface area contributed by atoms with E-state index in [1.54, 1.807) is 18.2 Å². The molecule has 2 aromatic rings. The van der Waals surface area contributed by atoms with Gasteiger partial charge in [-0.05, 0) is 54.8 Å². The minimum Gasteiger partial charge on any atom is -0.490 e. The second kappa shape index (κ2) is 9.30. The molecule has 29 heavy (non-hydrogen) atoms. The third kappa shape index (κ3) is 5.18. The van der Waals surface area contributed by atoms with Crippen LogP contribution in [0.2, 0.25) is 5.02 Å². The SMILES string of the molecule is C=CCc1cc(/C=C2/NC(=O)NC2=O)cc(OCC)c1OCc1ccc(Cl)cc1. The second-order valence-electron chi connectivity index (χ2n) is 6.31. The summed E-state index contributed by atoms with van der Waals surface area (Å²) in [5.74, 6) is 0.697. The van der Waals surface area contributed by atoms with E-state index < -0.39 is 11.9 Å². The van der Waals surface area contributed by atoms with Crippen molar-refractivity contribution >= 4 is 29.6 Å². The highest BCUT2D eigenvalue weighted by atomic mass is 35.5. The number of ether oxygens (including phenoxy) is 2. The lowest BCUT2D eigenvalue weighted by Crippen LogP contribution is -2.22. The van der Waals surface area contributed by atoms with Crippen LogP contribution in [-0.4, -0.2) is 18.5 Å². The lowest BCUT2D eigenvalue weighted by atomic mass is 10.0. The Labute approximate surface area is 174 Å². The van der Waals surface area contributed by atoms with Crippen LogP contribution >= 0.6 is 11.6 Å². The predicted octanol–water partition coefficient (Wildman–Crippen LogP) is 4.23. The first kappa shape index (κ1) is 20.5. The molecule has 0 aromatic heterocycles. The summed E-state index contributed by atoms with van der Waals surface area (Å²) < 4.78 is 11.9. The molecule has 2 N–H and O–H groups in total. The van der Waals surface area contributed by atoms with Crippen LogP contribution in [0, 0.1) is 0 Å². The molecule has 1 aliphatic rings. The monoisotopic (exact) mass is 412 g/mol. The maximum absolute atomic E-state index is 11.8. The molecule has 0 spiro atoms. The van der Waals surface area contributed by atoms with Crippen molar-refractivity contribution in [1.29, 1.82) is 0 Å². The van der Waals surface area contributed by atoms with Crippen LogP contribution in [0.5, 0.6) is 11.5 Å². The molecule has 150 valence electrons. The maximum atomic E-state index is 11.8. The highest BCUT2D eigenvalue weighted by Crippen LogP contribution is 2.35. The van der Waals surface area contributed by atoms with Gasteiger partial charge in [0.15, 0.2) is 11.5 Å². The van der Waals surface area contributed by atoms with Crippen LogP contribution in [0.4, 0.5) is 4.79 Å². The Morgan fingerprint density at radius 2 is 1.86 bits per heavy atom. The molecule has 6 nitrogen and oxygen atoms in total. The quantitative estimate of drug-likeness (QED) is 0.386. The molecule has 0 aliphatic carbocycles. The number of carbonyl (C=O) groups is 2. The Kier molecular flexibility index (Phi) is 6.57. The number of carbonyl (C=O) groups excluding carboxylic acids is 2. The van der Waals surface area contributed by atoms with E-state index in [-0.39, 0.29) is 5.70 Å². The molecule has 1 saturated heterocycles. The highest BCUT2D eigenvalue weighted by molar-refractivity contribution is 6.30. The van der Waals surface area contributed by atoms with Crippen molar-refractivity contribution in [2.24, 2.45) is 0 Å². The Bertz CT molecular complexity index is 968. The van der Waals surface area contributed by atoms with Gasteiger partial charge in [-0.1, -0.05) is 29.8 Å². The summed E-state index contributed by atoms with van der Waals surface area (Å²) >= 11 is 5.94. The van der Waals surface area contributed by atoms with Gasteiger partial charge in [-0.3, -0.25) is 10.1 Å². The van der Waals surface area contributed by atoms with E-state index in [1.165, 1.54) is 0 Å². The van der Waals surface area contributed by atoms with Crippen LogP contribution in [0.1, 0.15) is 23.6 Å². The predicted molar refractivity (Wildman–Crippen MR) is 112 cm³/mol. The van der Waals surface area contributed by atoms with Gasteiger partial charge in [-0.15, -0.1) is 6.58 Å². The summed E-state index contributed by atoms with van der Waals surface area (Å²) in [6.45, 7) is 6.48. The Morgan fingerprint density at radius 1 is 1.10 bits per heavy atom. The van der Waals surface area contributed by atoms with Crippen molar-refractivity contribution in [1.82, 2.24) is 10.6 Å². The van der Waals surface area contributed by atoms with Crippen LogP contribution in [0.15, 0.2) is 54.8 Å². The van der Waals surface area contributed by atoms with Gasteiger partial charge in [-0.25, -0.2) is 4.79 Å². The third-order valence-electron chi connectivity index (χ3n) is 4.15. The fraction of sp³-hybridized carbons (Fsp3) is 0.182. The first-order valence-corrected chi connectivity index (χ1v) is 9.49. The van der Waals surface area contributed by atoms with Gasteiger partial charge in [0, 0.05) is 10.6 Å². The smallest absolute Gasteiger partial charge is 0.326 e. The van der Waals surface area contributed by atoms with E-state index in [0.717, 1.165) is 11.1 Å². The number of halogens is 1. The van der Waals surface area contributed by atoms with Gasteiger partial charge in [0.2, 0.25) is 0 Å². The number of hydrogen-bond acceptors (Lipinski definition) is 4. The van der Waals surface area contributed by atoms with Crippen molar-refractivity contribution < 1.29 is 19.1 Å². The van der Waals surface area contributed by atoms with E-state index in [9.17, 15) is 9.59 Å². The minimum absolute atomic E-state index is 0.178. The van der Waals surface area contributed by atoms with Crippen LogP contribution < -0.4 is 20.1 Å². The molecule has 1 fully saturated rings. The topological polar surface area (TPSA) is 76.7 Å². The second-order valence-corrected chi connectivity index (χ2v) is 6.75. The first-order valence-electron chi connectivity index (χ1n) is 9.12. The first-order chi connectivity index (χ1) is 14.0. The zero-order chi connectivity index (χ0) is 20.8. The Balaban J connectivity index is 1.94. The van der Waals surface area contributed by atoms with Crippen LogP contribution in [0.25, 0.3) is 6.08 Å². The van der Waals surface area contributed by atoms with Crippen molar-refractivity contribution in [2.45, 2.75) is 20.0 Å². The molecule has 3 amide bonds. The fourth-order valence-electron chi connectivity index (χ4n) is 2.89. The number of hydrogen-bond donors (Lipinski definition) is 2. The average Bonchev–Trinajstić information content (AvgIpc) is 3.00. The molecule has 0 radical (unpaired) electrons. The van der Waals surface area contributed by atoms with Crippen LogP contribution in [0.3, 0.4) is 0 Å². The number of urea groups is 1. The molecule has 2 aromatic carbocycles. The summed E-state index contributed by atoms with van der Waals surface area (Å²) in [7, 11) is 0. The number of imide groups is 1. The summed E-state index contributed by atoms with van der Waals surface area (Å²) in [4.78, 5) is 23.2. The summed E-state index contributed by atoms with van der Waals surface area (Å²) in [6, 6.07) is 10.5. The maximum Gasteiger partial charge on any atom is 0.326 e. The molecule has 1 aliphatic heterocycles. The summed E-state index contributed by atoms with van der Waals surface area (Å²) in [5, 5.41) is 5.32. The minimum atomic E-state index is -0.541. The van der Waals surface area contributed by atoms with E-state index in [0.29, 0.717) is 41.7 Å². The van der Waals surface area contributed by atoms with Gasteiger partial charge in [0.1, 0.15) is 12.3 Å². The van der Waals surface area contributed by atoms with E-state index in [1.807, 2.05) is 37.3 Å². The van der Waals surface area contributed by atoms with Gasteiger partial charge in [0.05, 0.1) is 6.61 Å². The summed E-state index contributed by atoms with van der Waals surface area (Å²) in [5.41, 5.74) is 2.71. The lowest BCUT2D eigenvalue weighted by molar-refractivity contribution is -0.115. The van der Waals surface area contributed by atoms with Crippen molar-refractivity contribution in [2.75, 3.05) is 6.61 Å². The third-order valence-corrected chi connectivity index (χ3v) is 4.40. The number of amides is 3. The number of allylic oxidation sites excluding steroid dienone is 1. The zero-order valence-corrected chi connectivity index (χ0v) is 16.7. The van der Waals surface area contributed by atoms with E-state index >= 15 is 0 Å².